The minimum atomic E-state index is -0.0518. The number of hydrogen-bond acceptors (Lipinski definition) is 2. The van der Waals surface area contributed by atoms with Gasteiger partial charge < -0.3 is 10.1 Å². The zero-order valence-electron chi connectivity index (χ0n) is 16.2. The van der Waals surface area contributed by atoms with Gasteiger partial charge in [-0.05, 0) is 52.9 Å². The molecule has 0 unspecified atom stereocenters. The molecule has 0 aromatic heterocycles. The van der Waals surface area contributed by atoms with Crippen LogP contribution in [0, 0.1) is 0 Å². The molecule has 142 valence electrons. The number of anilines is 1. The van der Waals surface area contributed by atoms with Crippen LogP contribution in [-0.2, 0) is 11.2 Å². The van der Waals surface area contributed by atoms with Gasteiger partial charge in [0.05, 0.1) is 7.11 Å². The number of fused-ring (bicyclic) bond motifs is 1. The number of nitrogens with one attached hydrogen (secondary N) is 1. The molecule has 0 radical (unpaired) electrons. The maximum Gasteiger partial charge on any atom is 0.256 e. The van der Waals surface area contributed by atoms with Crippen molar-refractivity contribution in [3.63, 3.8) is 0 Å². The van der Waals surface area contributed by atoms with E-state index in [0.29, 0.717) is 0 Å². The van der Waals surface area contributed by atoms with Crippen LogP contribution < -0.4 is 10.1 Å². The molecule has 0 spiro atoms. The summed E-state index contributed by atoms with van der Waals surface area (Å²) < 4.78 is 5.32. The number of aryl methyl sites for hydroxylation is 1. The van der Waals surface area contributed by atoms with Gasteiger partial charge in [-0.1, -0.05) is 61.9 Å². The predicted octanol–water partition coefficient (Wildman–Crippen LogP) is 6.05. The van der Waals surface area contributed by atoms with Gasteiger partial charge in [0.25, 0.3) is 5.91 Å². The van der Waals surface area contributed by atoms with E-state index in [1.54, 1.807) is 7.11 Å². The van der Waals surface area contributed by atoms with Gasteiger partial charge in [-0.3, -0.25) is 4.79 Å². The van der Waals surface area contributed by atoms with Gasteiger partial charge in [0.2, 0.25) is 0 Å². The first-order valence-corrected chi connectivity index (χ1v) is 9.59. The standard InChI is InChI=1S/C25H23NO2.H2/c1-3-7-17-8-4-5-9-19(17)15-23-22-13-12-20(16-24(22)26-25(23)27)18-10-6-11-21(14-18)28-2;/h4-6,8-16H,3,7H2,1-2H3,(H,26,27);1H/b23-15+;. The van der Waals surface area contributed by atoms with Crippen molar-refractivity contribution in [2.75, 3.05) is 12.4 Å². The van der Waals surface area contributed by atoms with Crippen LogP contribution in [0.25, 0.3) is 22.8 Å². The summed E-state index contributed by atoms with van der Waals surface area (Å²) in [6, 6.07) is 22.3. The van der Waals surface area contributed by atoms with Crippen molar-refractivity contribution >= 4 is 23.2 Å². The molecule has 3 nitrogen and oxygen atoms in total. The Labute approximate surface area is 167 Å². The number of carbonyl (C=O) groups excluding carboxylic acids is 1. The first-order valence-electron chi connectivity index (χ1n) is 9.59. The van der Waals surface area contributed by atoms with Gasteiger partial charge in [-0.2, -0.15) is 0 Å². The first kappa shape index (κ1) is 18.1. The van der Waals surface area contributed by atoms with Gasteiger partial charge in [0.1, 0.15) is 5.75 Å². The minimum Gasteiger partial charge on any atom is -0.497 e. The molecule has 0 saturated heterocycles. The highest BCUT2D eigenvalue weighted by atomic mass is 16.5. The minimum absolute atomic E-state index is 0. The maximum absolute atomic E-state index is 12.7. The van der Waals surface area contributed by atoms with Gasteiger partial charge in [-0.15, -0.1) is 0 Å². The number of ether oxygens (including phenoxy) is 1. The third-order valence-corrected chi connectivity index (χ3v) is 5.08. The second-order valence-corrected chi connectivity index (χ2v) is 6.95. The van der Waals surface area contributed by atoms with Crippen LogP contribution >= 0.6 is 0 Å². The fourth-order valence-corrected chi connectivity index (χ4v) is 3.65. The summed E-state index contributed by atoms with van der Waals surface area (Å²) in [5, 5.41) is 3.02. The molecule has 0 saturated carbocycles. The summed E-state index contributed by atoms with van der Waals surface area (Å²) in [6.45, 7) is 2.17. The Morgan fingerprint density at radius 1 is 1.00 bits per heavy atom. The molecule has 3 aromatic carbocycles. The summed E-state index contributed by atoms with van der Waals surface area (Å²) in [5.74, 6) is 0.763. The topological polar surface area (TPSA) is 38.3 Å². The van der Waals surface area contributed by atoms with Gasteiger partial charge in [-0.25, -0.2) is 0 Å². The van der Waals surface area contributed by atoms with Gasteiger partial charge >= 0.3 is 0 Å². The largest absolute Gasteiger partial charge is 0.497 e. The number of methoxy groups -OCH3 is 1. The molecule has 1 aliphatic heterocycles. The van der Waals surface area contributed by atoms with Crippen molar-refractivity contribution in [1.82, 2.24) is 0 Å². The lowest BCUT2D eigenvalue weighted by Gasteiger charge is -2.07. The van der Waals surface area contributed by atoms with Crippen LogP contribution in [0.1, 0.15) is 31.5 Å². The van der Waals surface area contributed by atoms with Crippen molar-refractivity contribution in [3.05, 3.63) is 83.4 Å². The third-order valence-electron chi connectivity index (χ3n) is 5.08. The predicted molar refractivity (Wildman–Crippen MR) is 117 cm³/mol. The van der Waals surface area contributed by atoms with E-state index >= 15 is 0 Å². The molecule has 3 heteroatoms. The van der Waals surface area contributed by atoms with E-state index in [9.17, 15) is 4.79 Å². The van der Waals surface area contributed by atoms with Crippen molar-refractivity contribution < 1.29 is 11.0 Å². The fourth-order valence-electron chi connectivity index (χ4n) is 3.65. The third kappa shape index (κ3) is 3.44. The normalized spacial score (nSPS) is 14.1. The van der Waals surface area contributed by atoms with Crippen LogP contribution in [0.15, 0.2) is 66.7 Å². The van der Waals surface area contributed by atoms with Crippen LogP contribution in [0.5, 0.6) is 5.75 Å². The molecule has 0 bridgehead atoms. The lowest BCUT2D eigenvalue weighted by atomic mass is 9.97. The molecule has 1 amide bonds. The van der Waals surface area contributed by atoms with Crippen LogP contribution in [-0.4, -0.2) is 13.0 Å². The van der Waals surface area contributed by atoms with Gasteiger partial charge in [0, 0.05) is 18.3 Å². The van der Waals surface area contributed by atoms with Gasteiger partial charge in [0.15, 0.2) is 0 Å². The molecule has 0 fully saturated rings. The number of benzene rings is 3. The SMILES string of the molecule is CCCc1ccccc1/C=C1/C(=O)Nc2cc(-c3cccc(OC)c3)ccc21.[HH]. The number of rotatable bonds is 5. The quantitative estimate of drug-likeness (QED) is 0.554. The van der Waals surface area contributed by atoms with Crippen molar-refractivity contribution in [1.29, 1.82) is 0 Å². The second kappa shape index (κ2) is 7.73. The van der Waals surface area contributed by atoms with E-state index in [1.165, 1.54) is 5.56 Å². The summed E-state index contributed by atoms with van der Waals surface area (Å²) in [5.41, 5.74) is 7.00. The van der Waals surface area contributed by atoms with E-state index in [0.717, 1.165) is 52.1 Å². The number of hydrogen-bond donors (Lipinski definition) is 1. The van der Waals surface area contributed by atoms with Crippen molar-refractivity contribution in [2.24, 2.45) is 0 Å². The van der Waals surface area contributed by atoms with Crippen LogP contribution in [0.4, 0.5) is 5.69 Å². The monoisotopic (exact) mass is 371 g/mol. The zero-order valence-corrected chi connectivity index (χ0v) is 16.2. The molecule has 28 heavy (non-hydrogen) atoms. The Morgan fingerprint density at radius 2 is 1.82 bits per heavy atom. The van der Waals surface area contributed by atoms with E-state index < -0.39 is 0 Å². The average Bonchev–Trinajstić information content (AvgIpc) is 3.04. The lowest BCUT2D eigenvalue weighted by Crippen LogP contribution is -2.03. The lowest BCUT2D eigenvalue weighted by molar-refractivity contribution is -0.110. The molecule has 0 aliphatic carbocycles. The summed E-state index contributed by atoms with van der Waals surface area (Å²) in [6.07, 6.45) is 4.09. The number of carbonyl (C=O) groups is 1. The summed E-state index contributed by atoms with van der Waals surface area (Å²) in [4.78, 5) is 12.7. The van der Waals surface area contributed by atoms with E-state index in [1.807, 2.05) is 48.5 Å². The smallest absolute Gasteiger partial charge is 0.256 e. The molecular formula is C25H25NO2. The van der Waals surface area contributed by atoms with E-state index in [2.05, 4.69) is 36.5 Å². The Morgan fingerprint density at radius 3 is 2.64 bits per heavy atom. The fraction of sp³-hybridized carbons (Fsp3) is 0.160. The zero-order chi connectivity index (χ0) is 19.5. The second-order valence-electron chi connectivity index (χ2n) is 6.95. The number of amides is 1. The summed E-state index contributed by atoms with van der Waals surface area (Å²) in [7, 11) is 1.66. The molecule has 0 atom stereocenters. The molecule has 1 aliphatic rings. The highest BCUT2D eigenvalue weighted by Gasteiger charge is 2.24. The molecular weight excluding hydrogens is 346 g/mol. The first-order chi connectivity index (χ1) is 13.7. The Bertz CT molecular complexity index is 1070. The Hall–Kier alpha value is -3.33. The molecule has 4 rings (SSSR count). The van der Waals surface area contributed by atoms with E-state index in [4.69, 9.17) is 4.74 Å². The highest BCUT2D eigenvalue weighted by Crippen LogP contribution is 2.37. The Balaban J connectivity index is 0.00000240. The van der Waals surface area contributed by atoms with Crippen molar-refractivity contribution in [3.8, 4) is 16.9 Å². The van der Waals surface area contributed by atoms with E-state index in [-0.39, 0.29) is 7.33 Å². The molecule has 1 N–H and O–H groups in total. The van der Waals surface area contributed by atoms with Crippen LogP contribution in [0.2, 0.25) is 0 Å². The highest BCUT2D eigenvalue weighted by molar-refractivity contribution is 6.35. The Kier molecular flexibility index (Phi) is 4.98. The van der Waals surface area contributed by atoms with Crippen molar-refractivity contribution in [2.45, 2.75) is 19.8 Å². The van der Waals surface area contributed by atoms with Crippen LogP contribution in [0.3, 0.4) is 0 Å². The molecule has 3 aromatic rings. The molecule has 1 heterocycles. The maximum atomic E-state index is 12.7. The summed E-state index contributed by atoms with van der Waals surface area (Å²) >= 11 is 0. The average molecular weight is 371 g/mol.